The van der Waals surface area contributed by atoms with Gasteiger partial charge >= 0.3 is 4.87 Å². The molecule has 0 fully saturated rings. The molecule has 2 aromatic rings. The highest BCUT2D eigenvalue weighted by molar-refractivity contribution is 7.94. The van der Waals surface area contributed by atoms with Gasteiger partial charge < -0.3 is 4.98 Å². The molecule has 0 bridgehead atoms. The lowest BCUT2D eigenvalue weighted by atomic mass is 10.3. The molecule has 0 saturated heterocycles. The van der Waals surface area contributed by atoms with Gasteiger partial charge in [0.25, 0.3) is 10.0 Å². The number of aromatic amines is 1. The van der Waals surface area contributed by atoms with Crippen molar-refractivity contribution in [2.45, 2.75) is 11.1 Å². The van der Waals surface area contributed by atoms with Gasteiger partial charge in [-0.25, -0.2) is 17.2 Å². The summed E-state index contributed by atoms with van der Waals surface area (Å²) in [7, 11) is -4.08. The number of aromatic nitrogens is 1. The Morgan fingerprint density at radius 1 is 1.32 bits per heavy atom. The summed E-state index contributed by atoms with van der Waals surface area (Å²) in [5, 5.41) is 0. The minimum Gasteiger partial charge on any atom is -0.315 e. The van der Waals surface area contributed by atoms with Crippen LogP contribution in [0.1, 0.15) is 5.69 Å². The molecule has 0 aliphatic carbocycles. The standard InChI is InChI=1S/C10H8F2N2O3S2/c1-5-9(18-10(15)13-5)19(16,17)14-8-3-2-6(11)4-7(8)12/h2-4,14H,1H3,(H,13,15). The van der Waals surface area contributed by atoms with Gasteiger partial charge in [0, 0.05) is 11.8 Å². The molecule has 0 aliphatic heterocycles. The van der Waals surface area contributed by atoms with Crippen LogP contribution in [0.25, 0.3) is 0 Å². The smallest absolute Gasteiger partial charge is 0.306 e. The average molecular weight is 306 g/mol. The topological polar surface area (TPSA) is 79.0 Å². The monoisotopic (exact) mass is 306 g/mol. The summed E-state index contributed by atoms with van der Waals surface area (Å²) in [6, 6.07) is 2.45. The quantitative estimate of drug-likeness (QED) is 0.908. The molecule has 102 valence electrons. The van der Waals surface area contributed by atoms with E-state index in [0.29, 0.717) is 17.4 Å². The van der Waals surface area contributed by atoms with Gasteiger partial charge in [-0.1, -0.05) is 11.3 Å². The van der Waals surface area contributed by atoms with Gasteiger partial charge in [0.15, 0.2) is 4.21 Å². The number of anilines is 1. The van der Waals surface area contributed by atoms with Crippen molar-refractivity contribution in [1.29, 1.82) is 0 Å². The van der Waals surface area contributed by atoms with Crippen LogP contribution in [0.2, 0.25) is 0 Å². The molecule has 2 N–H and O–H groups in total. The number of hydrogen-bond donors (Lipinski definition) is 2. The zero-order chi connectivity index (χ0) is 14.2. The lowest BCUT2D eigenvalue weighted by Gasteiger charge is -2.07. The zero-order valence-electron chi connectivity index (χ0n) is 9.53. The van der Waals surface area contributed by atoms with Gasteiger partial charge in [0.2, 0.25) is 0 Å². The SMILES string of the molecule is Cc1[nH]c(=O)sc1S(=O)(=O)Nc1ccc(F)cc1F. The first-order valence-electron chi connectivity index (χ1n) is 4.97. The van der Waals surface area contributed by atoms with Crippen LogP contribution < -0.4 is 9.60 Å². The lowest BCUT2D eigenvalue weighted by molar-refractivity contribution is 0.583. The summed E-state index contributed by atoms with van der Waals surface area (Å²) in [5.74, 6) is -1.85. The first kappa shape index (κ1) is 13.7. The fraction of sp³-hybridized carbons (Fsp3) is 0.100. The minimum absolute atomic E-state index is 0.157. The summed E-state index contributed by atoms with van der Waals surface area (Å²) in [6.07, 6.45) is 0. The first-order chi connectivity index (χ1) is 8.79. The molecule has 19 heavy (non-hydrogen) atoms. The molecular formula is C10H8F2N2O3S2. The Kier molecular flexibility index (Phi) is 3.42. The Morgan fingerprint density at radius 3 is 2.53 bits per heavy atom. The number of nitrogens with one attached hydrogen (secondary N) is 2. The fourth-order valence-electron chi connectivity index (χ4n) is 1.41. The molecule has 0 unspecified atom stereocenters. The Morgan fingerprint density at radius 2 is 2.00 bits per heavy atom. The molecule has 1 aromatic carbocycles. The fourth-order valence-corrected chi connectivity index (χ4v) is 3.78. The highest BCUT2D eigenvalue weighted by Gasteiger charge is 2.22. The zero-order valence-corrected chi connectivity index (χ0v) is 11.2. The van der Waals surface area contributed by atoms with Crippen molar-refractivity contribution < 1.29 is 17.2 Å². The van der Waals surface area contributed by atoms with Crippen LogP contribution in [-0.2, 0) is 10.0 Å². The van der Waals surface area contributed by atoms with Gasteiger partial charge in [-0.15, -0.1) is 0 Å². The summed E-state index contributed by atoms with van der Waals surface area (Å²) in [5.41, 5.74) is -0.230. The summed E-state index contributed by atoms with van der Waals surface area (Å²) in [6.45, 7) is 1.41. The summed E-state index contributed by atoms with van der Waals surface area (Å²) < 4.78 is 51.7. The van der Waals surface area contributed by atoms with Gasteiger partial charge in [-0.3, -0.25) is 9.52 Å². The van der Waals surface area contributed by atoms with Crippen molar-refractivity contribution in [2.75, 3.05) is 4.72 Å². The second-order valence-electron chi connectivity index (χ2n) is 3.66. The maximum Gasteiger partial charge on any atom is 0.306 e. The number of benzene rings is 1. The molecule has 1 aromatic heterocycles. The van der Waals surface area contributed by atoms with Crippen LogP contribution in [0.15, 0.2) is 27.2 Å². The van der Waals surface area contributed by atoms with Crippen LogP contribution in [0.4, 0.5) is 14.5 Å². The van der Waals surface area contributed by atoms with E-state index in [2.05, 4.69) is 4.98 Å². The molecule has 0 atom stereocenters. The molecule has 2 rings (SSSR count). The highest BCUT2D eigenvalue weighted by Crippen LogP contribution is 2.22. The number of rotatable bonds is 3. The summed E-state index contributed by atoms with van der Waals surface area (Å²) >= 11 is 0.491. The molecule has 0 radical (unpaired) electrons. The van der Waals surface area contributed by atoms with Crippen LogP contribution >= 0.6 is 11.3 Å². The lowest BCUT2D eigenvalue weighted by Crippen LogP contribution is -2.13. The number of aryl methyl sites for hydroxylation is 1. The number of hydrogen-bond acceptors (Lipinski definition) is 4. The maximum absolute atomic E-state index is 13.4. The molecule has 5 nitrogen and oxygen atoms in total. The largest absolute Gasteiger partial charge is 0.315 e. The maximum atomic E-state index is 13.4. The van der Waals surface area contributed by atoms with Crippen LogP contribution in [0.3, 0.4) is 0 Å². The van der Waals surface area contributed by atoms with E-state index in [-0.39, 0.29) is 15.6 Å². The first-order valence-corrected chi connectivity index (χ1v) is 7.27. The van der Waals surface area contributed by atoms with Crippen molar-refractivity contribution in [3.63, 3.8) is 0 Å². The van der Waals surface area contributed by atoms with E-state index < -0.39 is 26.5 Å². The van der Waals surface area contributed by atoms with Crippen LogP contribution in [0.5, 0.6) is 0 Å². The predicted octanol–water partition coefficient (Wildman–Crippen LogP) is 1.82. The van der Waals surface area contributed by atoms with E-state index in [4.69, 9.17) is 0 Å². The van der Waals surface area contributed by atoms with Gasteiger partial charge in [-0.05, 0) is 19.1 Å². The van der Waals surface area contributed by atoms with Gasteiger partial charge in [-0.2, -0.15) is 0 Å². The third kappa shape index (κ3) is 2.82. The van der Waals surface area contributed by atoms with E-state index in [1.54, 1.807) is 0 Å². The van der Waals surface area contributed by atoms with Crippen molar-refractivity contribution in [3.8, 4) is 0 Å². The predicted molar refractivity (Wildman–Crippen MR) is 66.8 cm³/mol. The summed E-state index contributed by atoms with van der Waals surface area (Å²) in [4.78, 5) is 12.9. The third-order valence-electron chi connectivity index (χ3n) is 2.20. The Balaban J connectivity index is 2.42. The number of thiazole rings is 1. The molecule has 1 heterocycles. The number of H-pyrrole nitrogens is 1. The van der Waals surface area contributed by atoms with Gasteiger partial charge in [0.05, 0.1) is 5.69 Å². The number of sulfonamides is 1. The average Bonchev–Trinajstić information content (AvgIpc) is 2.63. The molecule has 0 aliphatic rings. The van der Waals surface area contributed by atoms with E-state index in [1.165, 1.54) is 6.92 Å². The van der Waals surface area contributed by atoms with Gasteiger partial charge in [0.1, 0.15) is 11.6 Å². The van der Waals surface area contributed by atoms with E-state index >= 15 is 0 Å². The molecular weight excluding hydrogens is 298 g/mol. The van der Waals surface area contributed by atoms with E-state index in [1.807, 2.05) is 4.72 Å². The normalized spacial score (nSPS) is 11.5. The van der Waals surface area contributed by atoms with E-state index in [9.17, 15) is 22.0 Å². The molecule has 0 saturated carbocycles. The van der Waals surface area contributed by atoms with Crippen molar-refractivity contribution in [3.05, 3.63) is 45.2 Å². The number of halogens is 2. The Hall–Kier alpha value is -1.74. The Bertz CT molecular complexity index is 780. The molecule has 9 heteroatoms. The second kappa shape index (κ2) is 4.74. The van der Waals surface area contributed by atoms with Crippen molar-refractivity contribution >= 4 is 27.0 Å². The van der Waals surface area contributed by atoms with E-state index in [0.717, 1.165) is 12.1 Å². The Labute approximate surface area is 111 Å². The van der Waals surface area contributed by atoms with Crippen molar-refractivity contribution in [2.24, 2.45) is 0 Å². The second-order valence-corrected chi connectivity index (χ2v) is 6.52. The molecule has 0 spiro atoms. The van der Waals surface area contributed by atoms with Crippen LogP contribution in [-0.4, -0.2) is 13.4 Å². The van der Waals surface area contributed by atoms with Crippen LogP contribution in [0, 0.1) is 18.6 Å². The third-order valence-corrected chi connectivity index (χ3v) is 5.17. The minimum atomic E-state index is -4.08. The molecule has 0 amide bonds. The highest BCUT2D eigenvalue weighted by atomic mass is 32.2. The van der Waals surface area contributed by atoms with Crippen molar-refractivity contribution in [1.82, 2.24) is 4.98 Å².